The molecule has 0 spiro atoms. The van der Waals surface area contributed by atoms with Gasteiger partial charge < -0.3 is 14.4 Å². The summed E-state index contributed by atoms with van der Waals surface area (Å²) in [7, 11) is 1.67. The van der Waals surface area contributed by atoms with Crippen LogP contribution in [0.1, 0.15) is 12.6 Å². The van der Waals surface area contributed by atoms with Crippen molar-refractivity contribution < 1.29 is 9.47 Å². The van der Waals surface area contributed by atoms with Gasteiger partial charge in [-0.25, -0.2) is 4.98 Å². The highest BCUT2D eigenvalue weighted by molar-refractivity contribution is 5.42. The fourth-order valence-electron chi connectivity index (χ4n) is 2.17. The van der Waals surface area contributed by atoms with Crippen molar-refractivity contribution in [2.75, 3.05) is 31.7 Å². The van der Waals surface area contributed by atoms with Crippen molar-refractivity contribution in [3.63, 3.8) is 0 Å². The van der Waals surface area contributed by atoms with Gasteiger partial charge in [-0.3, -0.25) is 0 Å². The molecule has 1 aliphatic heterocycles. The molecule has 1 aromatic heterocycles. The molecule has 1 aliphatic rings. The number of anilines is 1. The minimum absolute atomic E-state index is 0.0475. The molecule has 5 nitrogen and oxygen atoms in total. The summed E-state index contributed by atoms with van der Waals surface area (Å²) < 4.78 is 10.9. The molecule has 0 radical (unpaired) electrons. The van der Waals surface area contributed by atoms with Crippen LogP contribution in [0.2, 0.25) is 0 Å². The SMILES string of the molecule is COCC1CN(c2cccc(C#N)n2)CC(C)O1. The summed E-state index contributed by atoms with van der Waals surface area (Å²) in [5.74, 6) is 0.824. The van der Waals surface area contributed by atoms with Gasteiger partial charge in [-0.2, -0.15) is 5.26 Å². The lowest BCUT2D eigenvalue weighted by Crippen LogP contribution is -2.48. The van der Waals surface area contributed by atoms with Gasteiger partial charge in [0.15, 0.2) is 0 Å². The first-order valence-electron chi connectivity index (χ1n) is 5.99. The molecular formula is C13H17N3O2. The molecule has 2 heterocycles. The third-order valence-corrected chi connectivity index (χ3v) is 2.85. The van der Waals surface area contributed by atoms with Crippen molar-refractivity contribution in [3.05, 3.63) is 23.9 Å². The fraction of sp³-hybridized carbons (Fsp3) is 0.538. The molecule has 2 atom stereocenters. The van der Waals surface area contributed by atoms with Crippen molar-refractivity contribution in [2.24, 2.45) is 0 Å². The Bertz CT molecular complexity index is 444. The van der Waals surface area contributed by atoms with Gasteiger partial charge in [-0.05, 0) is 19.1 Å². The van der Waals surface area contributed by atoms with Crippen LogP contribution in [0.5, 0.6) is 0 Å². The Labute approximate surface area is 107 Å². The minimum Gasteiger partial charge on any atom is -0.382 e. The highest BCUT2D eigenvalue weighted by Gasteiger charge is 2.26. The molecule has 0 aliphatic carbocycles. The number of nitriles is 1. The van der Waals surface area contributed by atoms with Gasteiger partial charge in [0.2, 0.25) is 0 Å². The quantitative estimate of drug-likeness (QED) is 0.803. The minimum atomic E-state index is 0.0475. The van der Waals surface area contributed by atoms with Crippen molar-refractivity contribution in [1.29, 1.82) is 5.26 Å². The number of ether oxygens (including phenoxy) is 2. The van der Waals surface area contributed by atoms with Crippen LogP contribution < -0.4 is 4.90 Å². The summed E-state index contributed by atoms with van der Waals surface area (Å²) >= 11 is 0. The smallest absolute Gasteiger partial charge is 0.142 e. The molecule has 2 unspecified atom stereocenters. The zero-order chi connectivity index (χ0) is 13.0. The van der Waals surface area contributed by atoms with E-state index in [-0.39, 0.29) is 12.2 Å². The Kier molecular flexibility index (Phi) is 4.13. The first-order chi connectivity index (χ1) is 8.72. The van der Waals surface area contributed by atoms with Crippen molar-refractivity contribution in [2.45, 2.75) is 19.1 Å². The predicted octanol–water partition coefficient (Wildman–Crippen LogP) is 1.19. The van der Waals surface area contributed by atoms with Crippen LogP contribution in [-0.2, 0) is 9.47 Å². The number of hydrogen-bond acceptors (Lipinski definition) is 5. The van der Waals surface area contributed by atoms with Crippen molar-refractivity contribution in [3.8, 4) is 6.07 Å². The van der Waals surface area contributed by atoms with E-state index in [0.717, 1.165) is 18.9 Å². The molecule has 1 fully saturated rings. The largest absolute Gasteiger partial charge is 0.382 e. The highest BCUT2D eigenvalue weighted by atomic mass is 16.5. The van der Waals surface area contributed by atoms with Gasteiger partial charge >= 0.3 is 0 Å². The summed E-state index contributed by atoms with van der Waals surface area (Å²) in [5.41, 5.74) is 0.440. The molecule has 0 saturated carbocycles. The van der Waals surface area contributed by atoms with E-state index < -0.39 is 0 Å². The van der Waals surface area contributed by atoms with E-state index in [2.05, 4.69) is 16.0 Å². The van der Waals surface area contributed by atoms with E-state index >= 15 is 0 Å². The average molecular weight is 247 g/mol. The Hall–Kier alpha value is -1.64. The highest BCUT2D eigenvalue weighted by Crippen LogP contribution is 2.18. The maximum atomic E-state index is 8.87. The second kappa shape index (κ2) is 5.80. The number of rotatable bonds is 3. The Morgan fingerprint density at radius 2 is 2.39 bits per heavy atom. The molecule has 0 bridgehead atoms. The number of hydrogen-bond donors (Lipinski definition) is 0. The van der Waals surface area contributed by atoms with Crippen LogP contribution in [0.25, 0.3) is 0 Å². The summed E-state index contributed by atoms with van der Waals surface area (Å²) in [6.07, 6.45) is 0.178. The first-order valence-corrected chi connectivity index (χ1v) is 5.99. The van der Waals surface area contributed by atoms with Gasteiger partial charge in [0.1, 0.15) is 17.6 Å². The van der Waals surface area contributed by atoms with E-state index in [1.54, 1.807) is 13.2 Å². The van der Waals surface area contributed by atoms with Crippen LogP contribution in [0, 0.1) is 11.3 Å². The standard InChI is InChI=1S/C13H17N3O2/c1-10-7-16(8-12(18-10)9-17-2)13-5-3-4-11(6-14)15-13/h3-5,10,12H,7-9H2,1-2H3. The monoisotopic (exact) mass is 247 g/mol. The molecule has 96 valence electrons. The summed E-state index contributed by atoms with van der Waals surface area (Å²) in [4.78, 5) is 6.45. The number of methoxy groups -OCH3 is 1. The summed E-state index contributed by atoms with van der Waals surface area (Å²) in [5, 5.41) is 8.87. The molecule has 5 heteroatoms. The molecule has 18 heavy (non-hydrogen) atoms. The van der Waals surface area contributed by atoms with Gasteiger partial charge in [0, 0.05) is 20.2 Å². The van der Waals surface area contributed by atoms with E-state index in [0.29, 0.717) is 12.3 Å². The molecule has 1 saturated heterocycles. The lowest BCUT2D eigenvalue weighted by Gasteiger charge is -2.37. The summed E-state index contributed by atoms with van der Waals surface area (Å²) in [6.45, 7) is 4.11. The third-order valence-electron chi connectivity index (χ3n) is 2.85. The Morgan fingerprint density at radius 1 is 1.56 bits per heavy atom. The van der Waals surface area contributed by atoms with Crippen molar-refractivity contribution in [1.82, 2.24) is 4.98 Å². The second-order valence-corrected chi connectivity index (χ2v) is 4.42. The van der Waals surface area contributed by atoms with E-state index in [9.17, 15) is 0 Å². The van der Waals surface area contributed by atoms with Crippen LogP contribution >= 0.6 is 0 Å². The summed E-state index contributed by atoms with van der Waals surface area (Å²) in [6, 6.07) is 7.54. The van der Waals surface area contributed by atoms with Gasteiger partial charge in [-0.15, -0.1) is 0 Å². The predicted molar refractivity (Wildman–Crippen MR) is 67.4 cm³/mol. The van der Waals surface area contributed by atoms with Crippen LogP contribution in [-0.4, -0.2) is 44.0 Å². The van der Waals surface area contributed by atoms with Crippen LogP contribution in [0.4, 0.5) is 5.82 Å². The van der Waals surface area contributed by atoms with Crippen molar-refractivity contribution >= 4 is 5.82 Å². The molecule has 0 N–H and O–H groups in total. The molecule has 0 amide bonds. The van der Waals surface area contributed by atoms with E-state index in [4.69, 9.17) is 14.7 Å². The van der Waals surface area contributed by atoms with Crippen LogP contribution in [0.3, 0.4) is 0 Å². The number of nitrogens with zero attached hydrogens (tertiary/aromatic N) is 3. The number of pyridine rings is 1. The molecule has 2 rings (SSSR count). The zero-order valence-electron chi connectivity index (χ0n) is 10.7. The molecule has 1 aromatic rings. The second-order valence-electron chi connectivity index (χ2n) is 4.42. The Morgan fingerprint density at radius 3 is 3.11 bits per heavy atom. The number of morpholine rings is 1. The Balaban J connectivity index is 2.13. The fourth-order valence-corrected chi connectivity index (χ4v) is 2.17. The molecule has 0 aromatic carbocycles. The first kappa shape index (κ1) is 12.8. The maximum absolute atomic E-state index is 8.87. The number of aromatic nitrogens is 1. The van der Waals surface area contributed by atoms with Gasteiger partial charge in [-0.1, -0.05) is 6.07 Å². The third kappa shape index (κ3) is 2.97. The van der Waals surface area contributed by atoms with E-state index in [1.807, 2.05) is 19.1 Å². The lowest BCUT2D eigenvalue weighted by molar-refractivity contribution is -0.0512. The normalized spacial score (nSPS) is 23.7. The maximum Gasteiger partial charge on any atom is 0.142 e. The average Bonchev–Trinajstić information content (AvgIpc) is 2.38. The van der Waals surface area contributed by atoms with Gasteiger partial charge in [0.05, 0.1) is 18.8 Å². The zero-order valence-corrected chi connectivity index (χ0v) is 10.7. The molecular weight excluding hydrogens is 230 g/mol. The lowest BCUT2D eigenvalue weighted by atomic mass is 10.2. The van der Waals surface area contributed by atoms with Crippen LogP contribution in [0.15, 0.2) is 18.2 Å². The topological polar surface area (TPSA) is 58.4 Å². The van der Waals surface area contributed by atoms with E-state index in [1.165, 1.54) is 0 Å². The van der Waals surface area contributed by atoms with Gasteiger partial charge in [0.25, 0.3) is 0 Å².